The molecule has 3 rings (SSSR count). The monoisotopic (exact) mass is 385 g/mol. The van der Waals surface area contributed by atoms with Gasteiger partial charge in [0.05, 0.1) is 5.75 Å². The van der Waals surface area contributed by atoms with Gasteiger partial charge in [-0.2, -0.15) is 0 Å². The van der Waals surface area contributed by atoms with Crippen molar-refractivity contribution in [1.82, 2.24) is 14.9 Å². The number of fused-ring (bicyclic) bond motifs is 1. The van der Waals surface area contributed by atoms with Gasteiger partial charge in [0, 0.05) is 23.9 Å². The van der Waals surface area contributed by atoms with E-state index in [2.05, 4.69) is 55.0 Å². The minimum absolute atomic E-state index is 0.104. The number of carbonyl (C=O) groups is 1. The Morgan fingerprint density at radius 3 is 2.77 bits per heavy atom. The van der Waals surface area contributed by atoms with E-state index in [1.807, 2.05) is 7.05 Å². The van der Waals surface area contributed by atoms with E-state index in [1.165, 1.54) is 33.3 Å². The van der Waals surface area contributed by atoms with Crippen LogP contribution in [0, 0.1) is 13.8 Å². The van der Waals surface area contributed by atoms with Crippen molar-refractivity contribution in [3.8, 4) is 0 Å². The fourth-order valence-electron chi connectivity index (χ4n) is 2.78. The second-order valence-corrected chi connectivity index (χ2v) is 8.51. The van der Waals surface area contributed by atoms with E-state index in [0.717, 1.165) is 21.7 Å². The molecule has 0 N–H and O–H groups in total. The quantitative estimate of drug-likeness (QED) is 0.459. The first-order valence-corrected chi connectivity index (χ1v) is 10.4. The summed E-state index contributed by atoms with van der Waals surface area (Å²) in [4.78, 5) is 25.4. The van der Waals surface area contributed by atoms with Crippen LogP contribution in [0.1, 0.15) is 28.5 Å². The Labute approximate surface area is 162 Å². The molecule has 6 heteroatoms. The summed E-state index contributed by atoms with van der Waals surface area (Å²) < 4.78 is 0. The van der Waals surface area contributed by atoms with E-state index in [-0.39, 0.29) is 5.91 Å². The van der Waals surface area contributed by atoms with E-state index in [1.54, 1.807) is 22.6 Å². The molecule has 2 aromatic heterocycles. The Morgan fingerprint density at radius 1 is 1.23 bits per heavy atom. The summed E-state index contributed by atoms with van der Waals surface area (Å²) in [6.07, 6.45) is 2.58. The normalized spacial score (nSPS) is 11.1. The van der Waals surface area contributed by atoms with Gasteiger partial charge in [0.25, 0.3) is 0 Å². The van der Waals surface area contributed by atoms with Gasteiger partial charge in [-0.25, -0.2) is 9.97 Å². The summed E-state index contributed by atoms with van der Waals surface area (Å²) in [5.41, 5.74) is 3.65. The van der Waals surface area contributed by atoms with Gasteiger partial charge in [-0.15, -0.1) is 11.3 Å². The number of rotatable bonds is 6. The van der Waals surface area contributed by atoms with Crippen molar-refractivity contribution < 1.29 is 4.79 Å². The minimum Gasteiger partial charge on any atom is -0.341 e. The van der Waals surface area contributed by atoms with Gasteiger partial charge in [-0.3, -0.25) is 4.79 Å². The lowest BCUT2D eigenvalue weighted by molar-refractivity contribution is -0.127. The predicted molar refractivity (Wildman–Crippen MR) is 110 cm³/mol. The standard InChI is InChI=1S/C20H23N3OS2/c1-5-16-9-17-19(21-12-22-20(17)26-16)25-11-18(24)23(4)10-15-7-6-13(2)8-14(15)3/h6-9,12H,5,10-11H2,1-4H3. The van der Waals surface area contributed by atoms with Crippen LogP contribution in [0.25, 0.3) is 10.2 Å². The van der Waals surface area contributed by atoms with Crippen molar-refractivity contribution in [3.63, 3.8) is 0 Å². The number of thiophene rings is 1. The van der Waals surface area contributed by atoms with Crippen LogP contribution in [0.5, 0.6) is 0 Å². The van der Waals surface area contributed by atoms with E-state index < -0.39 is 0 Å². The van der Waals surface area contributed by atoms with Crippen LogP contribution in [-0.4, -0.2) is 33.6 Å². The van der Waals surface area contributed by atoms with Crippen LogP contribution in [0.15, 0.2) is 35.6 Å². The van der Waals surface area contributed by atoms with E-state index in [9.17, 15) is 4.79 Å². The van der Waals surface area contributed by atoms with Crippen molar-refractivity contribution >= 4 is 39.2 Å². The molecule has 2 heterocycles. The average molecular weight is 386 g/mol. The van der Waals surface area contributed by atoms with Crippen molar-refractivity contribution in [2.45, 2.75) is 38.8 Å². The molecule has 0 atom stereocenters. The van der Waals surface area contributed by atoms with Crippen LogP contribution >= 0.6 is 23.1 Å². The second-order valence-electron chi connectivity index (χ2n) is 6.43. The third kappa shape index (κ3) is 4.24. The first-order chi connectivity index (χ1) is 12.5. The number of hydrogen-bond donors (Lipinski definition) is 0. The van der Waals surface area contributed by atoms with E-state index in [4.69, 9.17) is 0 Å². The van der Waals surface area contributed by atoms with Crippen molar-refractivity contribution in [2.75, 3.05) is 12.8 Å². The summed E-state index contributed by atoms with van der Waals surface area (Å²) in [5.74, 6) is 0.484. The van der Waals surface area contributed by atoms with E-state index in [0.29, 0.717) is 12.3 Å². The molecular formula is C20H23N3OS2. The molecule has 0 saturated carbocycles. The molecule has 1 aromatic carbocycles. The van der Waals surface area contributed by atoms with Gasteiger partial charge in [0.15, 0.2) is 0 Å². The highest BCUT2D eigenvalue weighted by Crippen LogP contribution is 2.31. The summed E-state index contributed by atoms with van der Waals surface area (Å²) in [6, 6.07) is 8.50. The Hall–Kier alpha value is -1.92. The predicted octanol–water partition coefficient (Wildman–Crippen LogP) is 4.62. The summed E-state index contributed by atoms with van der Waals surface area (Å²) >= 11 is 3.19. The molecule has 0 saturated heterocycles. The molecule has 0 spiro atoms. The molecule has 0 fully saturated rings. The van der Waals surface area contributed by atoms with Gasteiger partial charge < -0.3 is 4.90 Å². The minimum atomic E-state index is 0.104. The highest BCUT2D eigenvalue weighted by atomic mass is 32.2. The largest absolute Gasteiger partial charge is 0.341 e. The average Bonchev–Trinajstić information content (AvgIpc) is 3.05. The molecule has 0 unspecified atom stereocenters. The molecule has 136 valence electrons. The van der Waals surface area contributed by atoms with E-state index >= 15 is 0 Å². The number of thioether (sulfide) groups is 1. The third-order valence-electron chi connectivity index (χ3n) is 4.36. The fraction of sp³-hybridized carbons (Fsp3) is 0.350. The molecule has 26 heavy (non-hydrogen) atoms. The van der Waals surface area contributed by atoms with Crippen LogP contribution < -0.4 is 0 Å². The number of aromatic nitrogens is 2. The zero-order valence-electron chi connectivity index (χ0n) is 15.6. The maximum Gasteiger partial charge on any atom is 0.233 e. The maximum absolute atomic E-state index is 12.6. The van der Waals surface area contributed by atoms with Gasteiger partial charge >= 0.3 is 0 Å². The Morgan fingerprint density at radius 2 is 2.04 bits per heavy atom. The van der Waals surface area contributed by atoms with Crippen LogP contribution in [-0.2, 0) is 17.8 Å². The first kappa shape index (κ1) is 18.9. The molecule has 3 aromatic rings. The topological polar surface area (TPSA) is 46.1 Å². The number of hydrogen-bond acceptors (Lipinski definition) is 5. The zero-order chi connectivity index (χ0) is 18.7. The molecule has 1 amide bonds. The number of amides is 1. The van der Waals surface area contributed by atoms with Gasteiger partial charge in [0.2, 0.25) is 5.91 Å². The van der Waals surface area contributed by atoms with Crippen LogP contribution in [0.4, 0.5) is 0 Å². The van der Waals surface area contributed by atoms with Crippen LogP contribution in [0.2, 0.25) is 0 Å². The number of carbonyl (C=O) groups excluding carboxylic acids is 1. The molecular weight excluding hydrogens is 362 g/mol. The molecule has 0 aliphatic carbocycles. The third-order valence-corrected chi connectivity index (χ3v) is 6.53. The lowest BCUT2D eigenvalue weighted by Crippen LogP contribution is -2.28. The fourth-order valence-corrected chi connectivity index (χ4v) is 4.69. The lowest BCUT2D eigenvalue weighted by Gasteiger charge is -2.18. The number of aryl methyl sites for hydroxylation is 3. The second kappa shape index (κ2) is 8.18. The van der Waals surface area contributed by atoms with Gasteiger partial charge in [-0.1, -0.05) is 42.4 Å². The summed E-state index contributed by atoms with van der Waals surface area (Å²) in [7, 11) is 1.86. The summed E-state index contributed by atoms with van der Waals surface area (Å²) in [5, 5.41) is 1.95. The Kier molecular flexibility index (Phi) is 5.94. The lowest BCUT2D eigenvalue weighted by atomic mass is 10.1. The highest BCUT2D eigenvalue weighted by molar-refractivity contribution is 8.00. The molecule has 4 nitrogen and oxygen atoms in total. The molecule has 0 aliphatic rings. The zero-order valence-corrected chi connectivity index (χ0v) is 17.2. The highest BCUT2D eigenvalue weighted by Gasteiger charge is 2.14. The SMILES string of the molecule is CCc1cc2c(SCC(=O)N(C)Cc3ccc(C)cc3C)ncnc2s1. The number of benzene rings is 1. The maximum atomic E-state index is 12.6. The van der Waals surface area contributed by atoms with Crippen molar-refractivity contribution in [3.05, 3.63) is 52.2 Å². The Balaban J connectivity index is 1.65. The molecule has 0 radical (unpaired) electrons. The van der Waals surface area contributed by atoms with Gasteiger partial charge in [0.1, 0.15) is 16.2 Å². The molecule has 0 aliphatic heterocycles. The number of nitrogens with zero attached hydrogens (tertiary/aromatic N) is 3. The first-order valence-electron chi connectivity index (χ1n) is 8.64. The summed E-state index contributed by atoms with van der Waals surface area (Å²) in [6.45, 7) is 6.94. The smallest absolute Gasteiger partial charge is 0.233 e. The molecule has 0 bridgehead atoms. The van der Waals surface area contributed by atoms with Crippen molar-refractivity contribution in [2.24, 2.45) is 0 Å². The Bertz CT molecular complexity index is 936. The van der Waals surface area contributed by atoms with Crippen molar-refractivity contribution in [1.29, 1.82) is 0 Å². The van der Waals surface area contributed by atoms with Crippen LogP contribution in [0.3, 0.4) is 0 Å². The van der Waals surface area contributed by atoms with Gasteiger partial charge in [-0.05, 0) is 37.5 Å².